The van der Waals surface area contributed by atoms with Crippen molar-refractivity contribution in [3.8, 4) is 17.2 Å². The molecule has 12 aromatic carbocycles. The van der Waals surface area contributed by atoms with Gasteiger partial charge in [-0.2, -0.15) is 20.0 Å². The minimum atomic E-state index is -1.97. The maximum Gasteiger partial charge on any atom is 0.0146 e. The van der Waals surface area contributed by atoms with Crippen molar-refractivity contribution in [1.29, 1.82) is 0 Å². The third-order valence-corrected chi connectivity index (χ3v) is 28.1. The number of rotatable bonds is 18. The number of methoxy groups -OCH3 is 3. The van der Waals surface area contributed by atoms with Gasteiger partial charge in [-0.15, -0.1) is 0 Å². The van der Waals surface area contributed by atoms with E-state index >= 15 is 0 Å². The van der Waals surface area contributed by atoms with E-state index in [9.17, 15) is 4.39 Å². The first-order chi connectivity index (χ1) is 62.8. The number of ether oxygens (including phenoxy) is 3. The van der Waals surface area contributed by atoms with E-state index in [1.807, 2.05) is 106 Å². The van der Waals surface area contributed by atoms with Gasteiger partial charge in [-0.05, 0) is 191 Å². The molecule has 15 rings (SSSR count). The van der Waals surface area contributed by atoms with Gasteiger partial charge in [0.05, 0.1) is 0 Å². The molecule has 0 spiro atoms. The minimum absolute atomic E-state index is 0.328. The Labute approximate surface area is 832 Å². The van der Waals surface area contributed by atoms with E-state index in [4.69, 9.17) is 95.6 Å². The quantitative estimate of drug-likeness (QED) is 0.0474. The average Bonchev–Trinajstić information content (AvgIpc) is 1.62. The second-order valence-electron chi connectivity index (χ2n) is 33.1. The van der Waals surface area contributed by atoms with E-state index < -0.39 is 40.6 Å². The van der Waals surface area contributed by atoms with Crippen LogP contribution in [0.25, 0.3) is 0 Å². The first kappa shape index (κ1) is 106. The van der Waals surface area contributed by atoms with Crippen molar-refractivity contribution in [1.82, 2.24) is 0 Å². The molecule has 0 amide bonds. The minimum Gasteiger partial charge on any atom is -0.502 e. The molecule has 702 valence electrons. The summed E-state index contributed by atoms with van der Waals surface area (Å²) >= 11 is 6.09. The summed E-state index contributed by atoms with van der Waals surface area (Å²) in [4.78, 5) is 27.6. The first-order valence-electron chi connectivity index (χ1n) is 42.9. The molecule has 3 fully saturated rings. The molecule has 3 aliphatic heterocycles. The van der Waals surface area contributed by atoms with Crippen LogP contribution in [-0.4, -0.2) is 93.1 Å². The van der Waals surface area contributed by atoms with Gasteiger partial charge in [0, 0.05) is 73.4 Å². The molecule has 0 aromatic heterocycles. The Bertz CT molecular complexity index is 5480. The van der Waals surface area contributed by atoms with Crippen LogP contribution in [0.3, 0.4) is 0 Å². The van der Waals surface area contributed by atoms with Gasteiger partial charge in [0.1, 0.15) is 0 Å². The van der Waals surface area contributed by atoms with E-state index in [2.05, 4.69) is 262 Å². The van der Waals surface area contributed by atoms with Crippen molar-refractivity contribution in [3.05, 3.63) is 370 Å². The third kappa shape index (κ3) is 30.5. The summed E-state index contributed by atoms with van der Waals surface area (Å²) in [6.07, 6.45) is 5.13. The number of anilines is 6. The predicted octanol–water partition coefficient (Wildman–Crippen LogP) is 30.0. The van der Waals surface area contributed by atoms with E-state index in [1.54, 1.807) is 62.8 Å². The number of halogens is 9. The Hall–Kier alpha value is -8.42. The topological polar surface area (TPSA) is 84.2 Å². The van der Waals surface area contributed by atoms with Crippen molar-refractivity contribution >= 4 is 165 Å². The van der Waals surface area contributed by atoms with Crippen LogP contribution in [0.2, 0.25) is 10.0 Å². The van der Waals surface area contributed by atoms with Crippen LogP contribution in [0.5, 0.6) is 17.2 Å². The summed E-state index contributed by atoms with van der Waals surface area (Å²) in [7, 11) is 40.4. The molecule has 0 N–H and O–H groups in total. The second kappa shape index (κ2) is 50.4. The molecular formula is C108H117Cl8FN9O3Ru3-3. The Kier molecular flexibility index (Phi) is 40.3. The van der Waals surface area contributed by atoms with Gasteiger partial charge < -0.3 is 29.4 Å². The Morgan fingerprint density at radius 3 is 0.765 bits per heavy atom. The molecule has 132 heavy (non-hydrogen) atoms. The van der Waals surface area contributed by atoms with Gasteiger partial charge >= 0.3 is 420 Å². The van der Waals surface area contributed by atoms with E-state index in [0.717, 1.165) is 101 Å². The number of aliphatic imine (C=N–C) groups is 3. The Morgan fingerprint density at radius 1 is 0.265 bits per heavy atom. The maximum absolute atomic E-state index is 13.4. The van der Waals surface area contributed by atoms with Gasteiger partial charge in [0.2, 0.25) is 0 Å². The van der Waals surface area contributed by atoms with Crippen LogP contribution >= 0.6 is 81.3 Å². The van der Waals surface area contributed by atoms with Crippen molar-refractivity contribution in [2.45, 2.75) is 125 Å². The van der Waals surface area contributed by atoms with Gasteiger partial charge in [-0.25, -0.2) is 0 Å². The van der Waals surface area contributed by atoms with Gasteiger partial charge in [0.15, 0.2) is 0 Å². The Morgan fingerprint density at radius 2 is 0.492 bits per heavy atom. The van der Waals surface area contributed by atoms with Crippen molar-refractivity contribution in [2.24, 2.45) is 15.0 Å². The molecule has 12 nitrogen and oxygen atoms in total. The molecule has 12 aromatic rings. The van der Waals surface area contributed by atoms with E-state index in [-0.39, 0.29) is 5.82 Å². The SMILES string of the molecule is COc1ccc(C=Nc2ccc(Cl)cc2)c([CH]=[Ru]([Cl])[Cl])c1.COc1ccc(N=Cc2cc(Cl)ccc2[CH]=[Ru]([Cl])[Cl])cc1.COc1ccc(N=Cc2cc(F)ccc2[CH]=[Ru]([Cl])[Cl])cc1.Cc1cc(C)c(N2[CH-]N(c3c(C)cc(C)cc3C)CC2)c(C)c1.Cc1cc(C)c(N2[CH-]N(c3c(C)cc(C)cc3C)CC2)c(C)c1.Cc1cc(C)c(N2[CH-]N(c3c(C)cc(C)cc3C)CC2)c(C)c1. The largest absolute Gasteiger partial charge is 0.502 e. The number of hydrogen-bond acceptors (Lipinski definition) is 12. The number of hydrogen-bond donors (Lipinski definition) is 0. The second-order valence-corrected chi connectivity index (χ2v) is 51.1. The molecule has 0 radical (unpaired) electrons. The van der Waals surface area contributed by atoms with Crippen LogP contribution < -0.4 is 43.6 Å². The van der Waals surface area contributed by atoms with Crippen LogP contribution in [0, 0.1) is 150 Å². The van der Waals surface area contributed by atoms with Crippen LogP contribution in [-0.2, 0) is 40.6 Å². The third-order valence-electron chi connectivity index (χ3n) is 22.1. The smallest absolute Gasteiger partial charge is 0.0146 e. The monoisotopic (exact) mass is 2190 g/mol. The standard InChI is InChI=1S/3C21H27N2.2C15H12ClNO.C15H12FNO.6ClH.3Ru/c3*1-14-9-16(3)20(17(4)10-14)22-7-8-23(13-22)21-18(5)11-15(2)12-19(21)6;1-11-9-15(18-2)8-3-12(11)10-17-14-6-4-13(16)5-7-14;2*1-11-3-4-13(16)9-12(11)10-17-14-5-7-15(18-2)8-6-14;;;;;;;;;/h3*9-13H,7-8H2,1-6H3;3*1,3-10H,2H3;6*1H;;;/q3*-1;;;;;;;;;;3*+2/p-6. The predicted molar refractivity (Wildman–Crippen MR) is 562 cm³/mol. The van der Waals surface area contributed by atoms with E-state index in [1.165, 1.54) is 146 Å². The molecule has 0 aliphatic carbocycles. The van der Waals surface area contributed by atoms with Gasteiger partial charge in [0.25, 0.3) is 0 Å². The fourth-order valence-corrected chi connectivity index (χ4v) is 23.0. The van der Waals surface area contributed by atoms with Crippen LogP contribution in [0.4, 0.5) is 55.6 Å². The molecule has 3 saturated heterocycles. The summed E-state index contributed by atoms with van der Waals surface area (Å²) in [5.74, 6) is 1.98. The fraction of sp³-hybridized carbons (Fsp3) is 0.250. The normalized spacial score (nSPS) is 13.2. The molecular weight excluding hydrogens is 2080 g/mol. The zero-order valence-corrected chi connectivity index (χ0v) is 90.0. The molecule has 24 heteroatoms. The van der Waals surface area contributed by atoms with Crippen LogP contribution in [0.1, 0.15) is 134 Å². The van der Waals surface area contributed by atoms with E-state index in [0.29, 0.717) is 15.6 Å². The van der Waals surface area contributed by atoms with Gasteiger partial charge in [-0.3, -0.25) is 0 Å². The number of nitrogens with zero attached hydrogens (tertiary/aromatic N) is 9. The Balaban J connectivity index is 0.000000164. The molecule has 3 aliphatic rings. The van der Waals surface area contributed by atoms with Crippen molar-refractivity contribution < 1.29 is 59.2 Å². The summed E-state index contributed by atoms with van der Waals surface area (Å²) < 4.78 is 34.3. The van der Waals surface area contributed by atoms with Crippen LogP contribution in [0.15, 0.2) is 215 Å². The zero-order chi connectivity index (χ0) is 95.9. The first-order valence-corrected chi connectivity index (χ1v) is 60.1. The number of aryl methyl sites for hydroxylation is 18. The molecule has 0 unspecified atom stereocenters. The van der Waals surface area contributed by atoms with Gasteiger partial charge in [-0.1, -0.05) is 106 Å². The summed E-state index contributed by atoms with van der Waals surface area (Å²) in [5, 5.41) is 1.33. The summed E-state index contributed by atoms with van der Waals surface area (Å²) in [6, 6.07) is 65.1. The summed E-state index contributed by atoms with van der Waals surface area (Å²) in [5.41, 5.74) is 40.0. The maximum atomic E-state index is 13.4. The molecule has 0 bridgehead atoms. The molecule has 0 saturated carbocycles. The number of benzene rings is 12. The molecule has 0 atom stereocenters. The van der Waals surface area contributed by atoms with Crippen molar-refractivity contribution in [3.63, 3.8) is 0 Å². The fourth-order valence-electron chi connectivity index (χ4n) is 17.2. The molecule has 3 heterocycles. The zero-order valence-electron chi connectivity index (χ0n) is 78.7. The average molecular weight is 2200 g/mol. The summed E-state index contributed by atoms with van der Waals surface area (Å²) in [6.45, 7) is 52.7. The van der Waals surface area contributed by atoms with Crippen molar-refractivity contribution in [2.75, 3.05) is 90.0 Å².